The van der Waals surface area contributed by atoms with E-state index in [9.17, 15) is 14.4 Å². The summed E-state index contributed by atoms with van der Waals surface area (Å²) in [6.45, 7) is 2.15. The highest BCUT2D eigenvalue weighted by atomic mass is 16.4. The van der Waals surface area contributed by atoms with Gasteiger partial charge in [0.25, 0.3) is 0 Å². The van der Waals surface area contributed by atoms with Gasteiger partial charge in [0.05, 0.1) is 13.2 Å². The van der Waals surface area contributed by atoms with Gasteiger partial charge < -0.3 is 31.7 Å². The number of carboxylic acid groups (broad SMARTS) is 1. The van der Waals surface area contributed by atoms with Crippen LogP contribution in [0.25, 0.3) is 0 Å². The van der Waals surface area contributed by atoms with Gasteiger partial charge in [-0.15, -0.1) is 0 Å². The van der Waals surface area contributed by atoms with Crippen LogP contribution in [-0.2, 0) is 14.4 Å². The fourth-order valence-electron chi connectivity index (χ4n) is 1.49. The van der Waals surface area contributed by atoms with Crippen molar-refractivity contribution in [3.63, 3.8) is 0 Å². The Hall–Kier alpha value is -1.71. The fourth-order valence-corrected chi connectivity index (χ4v) is 1.49. The monoisotopic (exact) mass is 305 g/mol. The normalized spacial score (nSPS) is 16.4. The first-order valence-electron chi connectivity index (χ1n) is 6.59. The van der Waals surface area contributed by atoms with Crippen LogP contribution in [-0.4, -0.2) is 64.4 Å². The van der Waals surface area contributed by atoms with Gasteiger partial charge in [-0.1, -0.05) is 20.3 Å². The Labute approximate surface area is 122 Å². The van der Waals surface area contributed by atoms with Crippen LogP contribution in [0.15, 0.2) is 0 Å². The lowest BCUT2D eigenvalue weighted by Crippen LogP contribution is -2.57. The third-order valence-electron chi connectivity index (χ3n) is 3.12. The molecule has 0 spiro atoms. The second-order valence-corrected chi connectivity index (χ2v) is 4.74. The van der Waals surface area contributed by atoms with Crippen molar-refractivity contribution in [3.05, 3.63) is 0 Å². The lowest BCUT2D eigenvalue weighted by atomic mass is 9.97. The Bertz CT molecular complexity index is 376. The number of aliphatic hydroxyl groups is 2. The average Bonchev–Trinajstić information content (AvgIpc) is 2.47. The van der Waals surface area contributed by atoms with Crippen LogP contribution in [0.1, 0.15) is 20.3 Å². The maximum atomic E-state index is 12.1. The van der Waals surface area contributed by atoms with Crippen LogP contribution < -0.4 is 16.4 Å². The first-order chi connectivity index (χ1) is 9.78. The lowest BCUT2D eigenvalue weighted by molar-refractivity contribution is -0.143. The summed E-state index contributed by atoms with van der Waals surface area (Å²) in [5.41, 5.74) is 5.35. The van der Waals surface area contributed by atoms with Crippen molar-refractivity contribution in [1.82, 2.24) is 10.6 Å². The highest BCUT2D eigenvalue weighted by molar-refractivity contribution is 5.92. The molecule has 9 heteroatoms. The molecule has 4 atom stereocenters. The van der Waals surface area contributed by atoms with Gasteiger partial charge in [-0.3, -0.25) is 9.59 Å². The van der Waals surface area contributed by atoms with Gasteiger partial charge >= 0.3 is 5.97 Å². The molecule has 0 aliphatic heterocycles. The quantitative estimate of drug-likeness (QED) is 0.272. The number of amides is 2. The minimum Gasteiger partial charge on any atom is -0.480 e. The highest BCUT2D eigenvalue weighted by Crippen LogP contribution is 2.08. The maximum absolute atomic E-state index is 12.1. The first kappa shape index (κ1) is 19.3. The molecular formula is C12H23N3O6. The number of carbonyl (C=O) groups excluding carboxylic acids is 2. The van der Waals surface area contributed by atoms with E-state index in [-0.39, 0.29) is 5.92 Å². The number of carboxylic acids is 1. The summed E-state index contributed by atoms with van der Waals surface area (Å²) in [7, 11) is 0. The Morgan fingerprint density at radius 2 is 1.67 bits per heavy atom. The average molecular weight is 305 g/mol. The van der Waals surface area contributed by atoms with E-state index in [1.165, 1.54) is 0 Å². The molecule has 0 aliphatic rings. The molecule has 7 N–H and O–H groups in total. The molecule has 0 radical (unpaired) electrons. The number of hydrogen-bond acceptors (Lipinski definition) is 6. The van der Waals surface area contributed by atoms with Crippen LogP contribution >= 0.6 is 0 Å². The third kappa shape index (κ3) is 6.06. The Kier molecular flexibility index (Phi) is 8.51. The van der Waals surface area contributed by atoms with Crippen molar-refractivity contribution in [3.8, 4) is 0 Å². The van der Waals surface area contributed by atoms with Crippen molar-refractivity contribution in [2.24, 2.45) is 11.7 Å². The molecule has 0 aliphatic carbocycles. The zero-order valence-corrected chi connectivity index (χ0v) is 12.1. The Morgan fingerprint density at radius 3 is 2.05 bits per heavy atom. The second-order valence-electron chi connectivity index (χ2n) is 4.74. The van der Waals surface area contributed by atoms with Crippen LogP contribution in [0, 0.1) is 5.92 Å². The summed E-state index contributed by atoms with van der Waals surface area (Å²) in [5.74, 6) is -3.11. The fraction of sp³-hybridized carbons (Fsp3) is 0.750. The number of nitrogens with one attached hydrogen (secondary N) is 2. The standard InChI is InChI=1S/C12H23N3O6/c1-3-6(2)9(15-10(18)7(13)4-16)11(19)14-8(5-17)12(20)21/h6-9,16-17H,3-5,13H2,1-2H3,(H,14,19)(H,15,18)(H,20,21). The van der Waals surface area contributed by atoms with Gasteiger partial charge in [-0.2, -0.15) is 0 Å². The molecular weight excluding hydrogens is 282 g/mol. The molecule has 2 amide bonds. The van der Waals surface area contributed by atoms with E-state index in [2.05, 4.69) is 10.6 Å². The van der Waals surface area contributed by atoms with Gasteiger partial charge in [0.1, 0.15) is 18.1 Å². The van der Waals surface area contributed by atoms with E-state index in [4.69, 9.17) is 21.1 Å². The molecule has 0 aromatic rings. The van der Waals surface area contributed by atoms with Crippen LogP contribution in [0.3, 0.4) is 0 Å². The van der Waals surface area contributed by atoms with Crippen molar-refractivity contribution in [2.75, 3.05) is 13.2 Å². The molecule has 0 saturated carbocycles. The van der Waals surface area contributed by atoms with Gasteiger partial charge in [-0.25, -0.2) is 4.79 Å². The van der Waals surface area contributed by atoms with Gasteiger partial charge in [0, 0.05) is 0 Å². The van der Waals surface area contributed by atoms with Crippen LogP contribution in [0.4, 0.5) is 0 Å². The molecule has 0 fully saturated rings. The number of nitrogens with two attached hydrogens (primary N) is 1. The maximum Gasteiger partial charge on any atom is 0.328 e. The summed E-state index contributed by atoms with van der Waals surface area (Å²) < 4.78 is 0. The summed E-state index contributed by atoms with van der Waals surface area (Å²) in [6.07, 6.45) is 0.545. The highest BCUT2D eigenvalue weighted by Gasteiger charge is 2.30. The molecule has 0 aromatic carbocycles. The number of rotatable bonds is 9. The molecule has 0 rings (SSSR count). The van der Waals surface area contributed by atoms with E-state index in [1.807, 2.05) is 0 Å². The zero-order valence-electron chi connectivity index (χ0n) is 12.1. The lowest BCUT2D eigenvalue weighted by Gasteiger charge is -2.25. The van der Waals surface area contributed by atoms with E-state index in [0.29, 0.717) is 6.42 Å². The summed E-state index contributed by atoms with van der Waals surface area (Å²) in [6, 6.07) is -3.63. The number of aliphatic hydroxyl groups excluding tert-OH is 2. The summed E-state index contributed by atoms with van der Waals surface area (Å²) in [4.78, 5) is 34.5. The predicted molar refractivity (Wildman–Crippen MR) is 73.1 cm³/mol. The minimum absolute atomic E-state index is 0.284. The van der Waals surface area contributed by atoms with Gasteiger partial charge in [0.15, 0.2) is 0 Å². The number of carbonyl (C=O) groups is 3. The van der Waals surface area contributed by atoms with E-state index < -0.39 is 49.1 Å². The smallest absolute Gasteiger partial charge is 0.328 e. The van der Waals surface area contributed by atoms with Crippen molar-refractivity contribution in [1.29, 1.82) is 0 Å². The Morgan fingerprint density at radius 1 is 1.10 bits per heavy atom. The molecule has 0 saturated heterocycles. The summed E-state index contributed by atoms with van der Waals surface area (Å²) >= 11 is 0. The molecule has 0 bridgehead atoms. The van der Waals surface area contributed by atoms with Crippen molar-refractivity contribution >= 4 is 17.8 Å². The largest absolute Gasteiger partial charge is 0.480 e. The van der Waals surface area contributed by atoms with Crippen LogP contribution in [0.5, 0.6) is 0 Å². The minimum atomic E-state index is -1.45. The second kappa shape index (κ2) is 9.27. The molecule has 4 unspecified atom stereocenters. The first-order valence-corrected chi connectivity index (χ1v) is 6.59. The number of hydrogen-bond donors (Lipinski definition) is 6. The molecule has 9 nitrogen and oxygen atoms in total. The Balaban J connectivity index is 4.94. The van der Waals surface area contributed by atoms with E-state index >= 15 is 0 Å². The van der Waals surface area contributed by atoms with Crippen molar-refractivity contribution < 1.29 is 29.7 Å². The molecule has 0 heterocycles. The molecule has 0 aromatic heterocycles. The molecule has 21 heavy (non-hydrogen) atoms. The van der Waals surface area contributed by atoms with Crippen LogP contribution in [0.2, 0.25) is 0 Å². The van der Waals surface area contributed by atoms with Gasteiger partial charge in [0.2, 0.25) is 11.8 Å². The van der Waals surface area contributed by atoms with E-state index in [0.717, 1.165) is 0 Å². The third-order valence-corrected chi connectivity index (χ3v) is 3.12. The van der Waals surface area contributed by atoms with Gasteiger partial charge in [-0.05, 0) is 5.92 Å². The molecule has 122 valence electrons. The summed E-state index contributed by atoms with van der Waals surface area (Å²) in [5, 5.41) is 31.0. The SMILES string of the molecule is CCC(C)C(NC(=O)C(N)CO)C(=O)NC(CO)C(=O)O. The van der Waals surface area contributed by atoms with Crippen molar-refractivity contribution in [2.45, 2.75) is 38.4 Å². The number of aliphatic carboxylic acids is 1. The topological polar surface area (TPSA) is 162 Å². The zero-order chi connectivity index (χ0) is 16.6. The van der Waals surface area contributed by atoms with E-state index in [1.54, 1.807) is 13.8 Å². The predicted octanol–water partition coefficient (Wildman–Crippen LogP) is -2.60.